The lowest BCUT2D eigenvalue weighted by Gasteiger charge is -2.18. The number of aromatic nitrogens is 2. The summed E-state index contributed by atoms with van der Waals surface area (Å²) in [5, 5.41) is 3.88. The zero-order valence-corrected chi connectivity index (χ0v) is 18.1. The maximum atomic E-state index is 13.1. The number of benzene rings is 2. The van der Waals surface area contributed by atoms with Gasteiger partial charge in [0, 0.05) is 48.4 Å². The van der Waals surface area contributed by atoms with E-state index in [0.717, 1.165) is 46.1 Å². The van der Waals surface area contributed by atoms with Crippen molar-refractivity contribution in [3.63, 3.8) is 0 Å². The minimum absolute atomic E-state index is 0.111. The van der Waals surface area contributed by atoms with Crippen LogP contribution in [-0.4, -0.2) is 15.9 Å². The quantitative estimate of drug-likeness (QED) is 0.363. The lowest BCUT2D eigenvalue weighted by Crippen LogP contribution is -2.25. The van der Waals surface area contributed by atoms with E-state index < -0.39 is 17.7 Å². The number of rotatable bonds is 7. The Hall–Kier alpha value is -3.61. The highest BCUT2D eigenvalue weighted by Gasteiger charge is 2.31. The van der Waals surface area contributed by atoms with Crippen LogP contribution >= 0.6 is 0 Å². The molecule has 1 atom stereocenters. The predicted molar refractivity (Wildman–Crippen MR) is 122 cm³/mol. The second-order valence-corrected chi connectivity index (χ2v) is 7.95. The van der Waals surface area contributed by atoms with E-state index in [0.29, 0.717) is 12.1 Å². The van der Waals surface area contributed by atoms with Crippen molar-refractivity contribution in [3.8, 4) is 0 Å². The Kier molecular flexibility index (Phi) is 6.49. The third-order valence-electron chi connectivity index (χ3n) is 5.86. The molecule has 0 saturated carbocycles. The van der Waals surface area contributed by atoms with Crippen molar-refractivity contribution < 1.29 is 18.0 Å². The number of aromatic amines is 1. The molecule has 4 rings (SSSR count). The summed E-state index contributed by atoms with van der Waals surface area (Å²) in [5.41, 5.74) is 3.89. The molecular formula is C26H24F3N3O. The lowest BCUT2D eigenvalue weighted by molar-refractivity contribution is -0.137. The molecule has 0 aliphatic heterocycles. The van der Waals surface area contributed by atoms with Gasteiger partial charge in [-0.1, -0.05) is 37.3 Å². The molecule has 0 fully saturated rings. The van der Waals surface area contributed by atoms with Crippen LogP contribution < -0.4 is 5.32 Å². The van der Waals surface area contributed by atoms with Gasteiger partial charge in [0.15, 0.2) is 0 Å². The zero-order valence-electron chi connectivity index (χ0n) is 18.1. The van der Waals surface area contributed by atoms with Crippen molar-refractivity contribution in [3.05, 3.63) is 101 Å². The first-order valence-corrected chi connectivity index (χ1v) is 10.8. The van der Waals surface area contributed by atoms with E-state index in [1.165, 1.54) is 12.1 Å². The molecule has 2 aromatic heterocycles. The Morgan fingerprint density at radius 1 is 1.06 bits per heavy atom. The number of hydrogen-bond donors (Lipinski definition) is 2. The number of para-hydroxylation sites is 1. The van der Waals surface area contributed by atoms with Gasteiger partial charge in [-0.05, 0) is 52.9 Å². The third kappa shape index (κ3) is 5.08. The van der Waals surface area contributed by atoms with Gasteiger partial charge in [-0.3, -0.25) is 9.78 Å². The van der Waals surface area contributed by atoms with Gasteiger partial charge in [-0.25, -0.2) is 0 Å². The third-order valence-corrected chi connectivity index (χ3v) is 5.86. The van der Waals surface area contributed by atoms with Crippen molar-refractivity contribution in [2.24, 2.45) is 0 Å². The molecule has 7 heteroatoms. The Morgan fingerprint density at radius 2 is 1.79 bits per heavy atom. The van der Waals surface area contributed by atoms with Gasteiger partial charge in [0.25, 0.3) is 0 Å². The number of pyridine rings is 1. The van der Waals surface area contributed by atoms with E-state index in [2.05, 4.69) is 22.2 Å². The molecule has 1 unspecified atom stereocenters. The zero-order chi connectivity index (χ0) is 23.4. The number of nitrogens with one attached hydrogen (secondary N) is 2. The fourth-order valence-electron chi connectivity index (χ4n) is 4.09. The molecule has 4 nitrogen and oxygen atoms in total. The van der Waals surface area contributed by atoms with Gasteiger partial charge in [0.05, 0.1) is 5.56 Å². The molecule has 2 heterocycles. The number of halogens is 3. The first-order valence-electron chi connectivity index (χ1n) is 10.8. The summed E-state index contributed by atoms with van der Waals surface area (Å²) in [5.74, 6) is -0.580. The predicted octanol–water partition coefficient (Wildman–Crippen LogP) is 5.98. The number of carbonyl (C=O) groups is 1. The molecule has 1 amide bonds. The largest absolute Gasteiger partial charge is 0.416 e. The number of aryl methyl sites for hydroxylation is 1. The number of nitrogens with zero attached hydrogens (tertiary/aromatic N) is 1. The second-order valence-electron chi connectivity index (χ2n) is 7.95. The van der Waals surface area contributed by atoms with Crippen LogP contribution in [0.4, 0.5) is 13.2 Å². The first-order chi connectivity index (χ1) is 15.9. The fourth-order valence-corrected chi connectivity index (χ4v) is 4.09. The van der Waals surface area contributed by atoms with E-state index in [9.17, 15) is 18.0 Å². The van der Waals surface area contributed by atoms with Crippen LogP contribution in [0.25, 0.3) is 10.9 Å². The maximum Gasteiger partial charge on any atom is 0.416 e. The topological polar surface area (TPSA) is 57.8 Å². The van der Waals surface area contributed by atoms with E-state index >= 15 is 0 Å². The Morgan fingerprint density at radius 3 is 2.45 bits per heavy atom. The highest BCUT2D eigenvalue weighted by Crippen LogP contribution is 2.36. The van der Waals surface area contributed by atoms with Crippen LogP contribution in [0.5, 0.6) is 0 Å². The number of H-pyrrole nitrogens is 1. The summed E-state index contributed by atoms with van der Waals surface area (Å²) in [6.45, 7) is 2.42. The first kappa shape index (κ1) is 22.6. The molecule has 0 bridgehead atoms. The lowest BCUT2D eigenvalue weighted by atomic mass is 9.87. The summed E-state index contributed by atoms with van der Waals surface area (Å²) in [6.07, 6.45) is 1.72. The van der Waals surface area contributed by atoms with Crippen molar-refractivity contribution in [1.82, 2.24) is 15.3 Å². The van der Waals surface area contributed by atoms with E-state index in [1.807, 2.05) is 36.5 Å². The van der Waals surface area contributed by atoms with Gasteiger partial charge >= 0.3 is 6.18 Å². The van der Waals surface area contributed by atoms with Crippen LogP contribution in [-0.2, 0) is 23.9 Å². The highest BCUT2D eigenvalue weighted by atomic mass is 19.4. The summed E-state index contributed by atoms with van der Waals surface area (Å²) in [7, 11) is 0. The smallest absolute Gasteiger partial charge is 0.361 e. The molecule has 33 heavy (non-hydrogen) atoms. The minimum atomic E-state index is -4.41. The SMILES string of the molecule is CCc1cccc2c(C(CC(=O)NCc3ccncc3)c3ccc(C(F)(F)F)cc3)c[nH]c12. The molecule has 2 aromatic carbocycles. The van der Waals surface area contributed by atoms with Crippen molar-refractivity contribution >= 4 is 16.8 Å². The molecule has 0 radical (unpaired) electrons. The average molecular weight is 451 g/mol. The van der Waals surface area contributed by atoms with Crippen LogP contribution in [0.1, 0.15) is 47.1 Å². The normalized spacial score (nSPS) is 12.6. The van der Waals surface area contributed by atoms with Crippen LogP contribution in [0.2, 0.25) is 0 Å². The second kappa shape index (κ2) is 9.48. The minimum Gasteiger partial charge on any atom is -0.361 e. The maximum absolute atomic E-state index is 13.1. The van der Waals surface area contributed by atoms with Crippen LogP contribution in [0, 0.1) is 0 Å². The molecule has 0 saturated heterocycles. The van der Waals surface area contributed by atoms with E-state index in [1.54, 1.807) is 12.4 Å². The van der Waals surface area contributed by atoms with Crippen molar-refractivity contribution in [2.45, 2.75) is 38.4 Å². The number of amides is 1. The van der Waals surface area contributed by atoms with Crippen LogP contribution in [0.15, 0.2) is 73.2 Å². The standard InChI is InChI=1S/C26H24F3N3O/c1-2-18-4-3-5-21-23(16-32-25(18)21)22(19-6-8-20(9-7-19)26(27,28)29)14-24(33)31-15-17-10-12-30-13-11-17/h3-13,16,22,32H,2,14-15H2,1H3,(H,31,33). The van der Waals surface area contributed by atoms with Gasteiger partial charge in [-0.2, -0.15) is 13.2 Å². The Labute approximate surface area is 189 Å². The Balaban J connectivity index is 1.66. The molecule has 170 valence electrons. The van der Waals surface area contributed by atoms with Gasteiger partial charge < -0.3 is 10.3 Å². The number of hydrogen-bond acceptors (Lipinski definition) is 2. The van der Waals surface area contributed by atoms with Crippen LogP contribution in [0.3, 0.4) is 0 Å². The summed E-state index contributed by atoms with van der Waals surface area (Å²) >= 11 is 0. The number of carbonyl (C=O) groups excluding carboxylic acids is 1. The van der Waals surface area contributed by atoms with E-state index in [4.69, 9.17) is 0 Å². The molecule has 4 aromatic rings. The molecule has 2 N–H and O–H groups in total. The summed E-state index contributed by atoms with van der Waals surface area (Å²) in [4.78, 5) is 20.1. The fraction of sp³-hybridized carbons (Fsp3) is 0.231. The highest BCUT2D eigenvalue weighted by molar-refractivity contribution is 5.88. The average Bonchev–Trinajstić information content (AvgIpc) is 3.25. The molecule has 0 spiro atoms. The monoisotopic (exact) mass is 451 g/mol. The molecule has 0 aliphatic carbocycles. The number of alkyl halides is 3. The summed E-state index contributed by atoms with van der Waals surface area (Å²) in [6, 6.07) is 14.7. The van der Waals surface area contributed by atoms with Gasteiger partial charge in [-0.15, -0.1) is 0 Å². The van der Waals surface area contributed by atoms with Crippen molar-refractivity contribution in [1.29, 1.82) is 0 Å². The Bertz CT molecular complexity index is 1230. The van der Waals surface area contributed by atoms with Gasteiger partial charge in [0.1, 0.15) is 0 Å². The molecule has 0 aliphatic rings. The van der Waals surface area contributed by atoms with Gasteiger partial charge in [0.2, 0.25) is 5.91 Å². The number of fused-ring (bicyclic) bond motifs is 1. The van der Waals surface area contributed by atoms with Crippen molar-refractivity contribution in [2.75, 3.05) is 0 Å². The summed E-state index contributed by atoms with van der Waals surface area (Å²) < 4.78 is 39.3. The van der Waals surface area contributed by atoms with E-state index in [-0.39, 0.29) is 12.3 Å². The molecular weight excluding hydrogens is 427 g/mol.